The topological polar surface area (TPSA) is 35.5 Å². The highest BCUT2D eigenvalue weighted by molar-refractivity contribution is 5.29. The maximum Gasteiger partial charge on any atom is 0.0628 e. The van der Waals surface area contributed by atoms with Crippen LogP contribution in [0.1, 0.15) is 23.6 Å². The van der Waals surface area contributed by atoms with E-state index in [1.165, 1.54) is 11.1 Å². The number of aryl methyl sites for hydroxylation is 1. The van der Waals surface area contributed by atoms with E-state index in [0.29, 0.717) is 0 Å². The predicted molar refractivity (Wildman–Crippen MR) is 70.1 cm³/mol. The molecule has 1 heterocycles. The molecule has 1 saturated heterocycles. The summed E-state index contributed by atoms with van der Waals surface area (Å²) in [6.07, 6.45) is 1.16. The minimum absolute atomic E-state index is 0.149. The second-order valence-corrected chi connectivity index (χ2v) is 4.69. The zero-order valence-electron chi connectivity index (χ0n) is 10.5. The maximum absolute atomic E-state index is 9.69. The van der Waals surface area contributed by atoms with E-state index in [-0.39, 0.29) is 12.6 Å². The second-order valence-electron chi connectivity index (χ2n) is 4.69. The molecule has 1 aromatic carbocycles. The van der Waals surface area contributed by atoms with Crippen LogP contribution in [-0.4, -0.2) is 42.8 Å². The Morgan fingerprint density at radius 1 is 1.29 bits per heavy atom. The van der Waals surface area contributed by atoms with Gasteiger partial charge in [-0.1, -0.05) is 24.3 Å². The number of hydrogen-bond donors (Lipinski definition) is 2. The third-order valence-electron chi connectivity index (χ3n) is 3.54. The van der Waals surface area contributed by atoms with E-state index >= 15 is 0 Å². The van der Waals surface area contributed by atoms with Gasteiger partial charge in [-0.15, -0.1) is 0 Å². The monoisotopic (exact) mass is 234 g/mol. The Kier molecular flexibility index (Phi) is 4.54. The number of hydrogen-bond acceptors (Lipinski definition) is 3. The highest BCUT2D eigenvalue weighted by atomic mass is 16.3. The summed E-state index contributed by atoms with van der Waals surface area (Å²) in [4.78, 5) is 2.39. The number of nitrogens with one attached hydrogen (secondary N) is 1. The molecular weight excluding hydrogens is 212 g/mol. The number of nitrogens with zero attached hydrogens (tertiary/aromatic N) is 1. The lowest BCUT2D eigenvalue weighted by Crippen LogP contribution is -2.34. The molecule has 3 heteroatoms. The van der Waals surface area contributed by atoms with Crippen molar-refractivity contribution >= 4 is 0 Å². The number of rotatable bonds is 3. The molecular formula is C14H22N2O. The summed E-state index contributed by atoms with van der Waals surface area (Å²) in [5.74, 6) is 0. The fourth-order valence-corrected chi connectivity index (χ4v) is 2.55. The first kappa shape index (κ1) is 12.6. The van der Waals surface area contributed by atoms with Gasteiger partial charge in [-0.25, -0.2) is 0 Å². The summed E-state index contributed by atoms with van der Waals surface area (Å²) in [5.41, 5.74) is 2.53. The average Bonchev–Trinajstić information content (AvgIpc) is 2.62. The van der Waals surface area contributed by atoms with Gasteiger partial charge >= 0.3 is 0 Å². The highest BCUT2D eigenvalue weighted by Gasteiger charge is 2.21. The van der Waals surface area contributed by atoms with Gasteiger partial charge in [0.2, 0.25) is 0 Å². The molecule has 0 bridgehead atoms. The van der Waals surface area contributed by atoms with Crippen LogP contribution in [0, 0.1) is 6.92 Å². The lowest BCUT2D eigenvalue weighted by atomic mass is 10.0. The van der Waals surface area contributed by atoms with Gasteiger partial charge in [0.1, 0.15) is 0 Å². The van der Waals surface area contributed by atoms with E-state index in [1.807, 2.05) is 0 Å². The quantitative estimate of drug-likeness (QED) is 0.828. The molecule has 0 radical (unpaired) electrons. The summed E-state index contributed by atoms with van der Waals surface area (Å²) in [7, 11) is 0. The van der Waals surface area contributed by atoms with Gasteiger partial charge in [-0.2, -0.15) is 0 Å². The molecule has 1 atom stereocenters. The molecule has 1 aliphatic rings. The molecule has 94 valence electrons. The first-order chi connectivity index (χ1) is 8.33. The standard InChI is InChI=1S/C14H22N2O/c1-12-5-2-3-6-13(12)14(11-17)16-9-4-7-15-8-10-16/h2-3,5-6,14-15,17H,4,7-11H2,1H3. The average molecular weight is 234 g/mol. The predicted octanol–water partition coefficient (Wildman–Crippen LogP) is 1.32. The third-order valence-corrected chi connectivity index (χ3v) is 3.54. The van der Waals surface area contributed by atoms with E-state index in [2.05, 4.69) is 41.4 Å². The lowest BCUT2D eigenvalue weighted by Gasteiger charge is -2.30. The molecule has 1 unspecified atom stereocenters. The maximum atomic E-state index is 9.69. The van der Waals surface area contributed by atoms with Crippen LogP contribution in [0.5, 0.6) is 0 Å². The van der Waals surface area contributed by atoms with Gasteiger partial charge in [0.25, 0.3) is 0 Å². The largest absolute Gasteiger partial charge is 0.394 e. The number of aliphatic hydroxyl groups excluding tert-OH is 1. The van der Waals surface area contributed by atoms with Crippen LogP contribution in [0.15, 0.2) is 24.3 Å². The summed E-state index contributed by atoms with van der Waals surface area (Å²) in [5, 5.41) is 13.1. The number of benzene rings is 1. The Morgan fingerprint density at radius 3 is 2.88 bits per heavy atom. The molecule has 0 spiro atoms. The normalized spacial score (nSPS) is 19.9. The fourth-order valence-electron chi connectivity index (χ4n) is 2.55. The van der Waals surface area contributed by atoms with Gasteiger partial charge in [-0.3, -0.25) is 4.90 Å². The van der Waals surface area contributed by atoms with Crippen LogP contribution < -0.4 is 5.32 Å². The minimum atomic E-state index is 0.149. The van der Waals surface area contributed by atoms with E-state index in [9.17, 15) is 5.11 Å². The van der Waals surface area contributed by atoms with Crippen molar-refractivity contribution in [2.45, 2.75) is 19.4 Å². The molecule has 1 aliphatic heterocycles. The zero-order valence-corrected chi connectivity index (χ0v) is 10.5. The Labute approximate surface area is 103 Å². The Bertz CT molecular complexity index is 346. The van der Waals surface area contributed by atoms with Crippen LogP contribution in [0.2, 0.25) is 0 Å². The molecule has 0 aromatic heterocycles. The molecule has 0 amide bonds. The lowest BCUT2D eigenvalue weighted by molar-refractivity contribution is 0.129. The zero-order chi connectivity index (χ0) is 12.1. The number of aliphatic hydroxyl groups is 1. The minimum Gasteiger partial charge on any atom is -0.394 e. The first-order valence-electron chi connectivity index (χ1n) is 6.44. The van der Waals surface area contributed by atoms with Gasteiger partial charge in [0.05, 0.1) is 12.6 Å². The van der Waals surface area contributed by atoms with E-state index in [0.717, 1.165) is 32.6 Å². The Morgan fingerprint density at radius 2 is 2.12 bits per heavy atom. The third kappa shape index (κ3) is 3.06. The van der Waals surface area contributed by atoms with E-state index in [1.54, 1.807) is 0 Å². The molecule has 17 heavy (non-hydrogen) atoms. The molecule has 1 fully saturated rings. The van der Waals surface area contributed by atoms with E-state index < -0.39 is 0 Å². The summed E-state index contributed by atoms with van der Waals surface area (Å²) >= 11 is 0. The van der Waals surface area contributed by atoms with Gasteiger partial charge in [0, 0.05) is 19.6 Å². The molecule has 3 nitrogen and oxygen atoms in total. The van der Waals surface area contributed by atoms with Crippen molar-refractivity contribution in [1.29, 1.82) is 0 Å². The molecule has 0 saturated carbocycles. The SMILES string of the molecule is Cc1ccccc1C(CO)N1CCCNCC1. The Balaban J connectivity index is 2.17. The van der Waals surface area contributed by atoms with Crippen molar-refractivity contribution in [3.8, 4) is 0 Å². The van der Waals surface area contributed by atoms with Crippen molar-refractivity contribution in [3.05, 3.63) is 35.4 Å². The van der Waals surface area contributed by atoms with Crippen molar-refractivity contribution in [2.24, 2.45) is 0 Å². The summed E-state index contributed by atoms with van der Waals surface area (Å²) < 4.78 is 0. The first-order valence-corrected chi connectivity index (χ1v) is 6.44. The van der Waals surface area contributed by atoms with Gasteiger partial charge < -0.3 is 10.4 Å². The van der Waals surface area contributed by atoms with Crippen LogP contribution in [0.3, 0.4) is 0 Å². The van der Waals surface area contributed by atoms with E-state index in [4.69, 9.17) is 0 Å². The molecule has 1 aromatic rings. The summed E-state index contributed by atoms with van der Waals surface area (Å²) in [6, 6.07) is 8.51. The summed E-state index contributed by atoms with van der Waals surface area (Å²) in [6.45, 7) is 6.50. The molecule has 2 rings (SSSR count). The highest BCUT2D eigenvalue weighted by Crippen LogP contribution is 2.23. The smallest absolute Gasteiger partial charge is 0.0628 e. The Hall–Kier alpha value is -0.900. The fraction of sp³-hybridized carbons (Fsp3) is 0.571. The van der Waals surface area contributed by atoms with Crippen molar-refractivity contribution in [1.82, 2.24) is 10.2 Å². The molecule has 2 N–H and O–H groups in total. The van der Waals surface area contributed by atoms with Crippen molar-refractivity contribution in [2.75, 3.05) is 32.8 Å². The van der Waals surface area contributed by atoms with Crippen LogP contribution in [0.4, 0.5) is 0 Å². The molecule has 0 aliphatic carbocycles. The van der Waals surface area contributed by atoms with Gasteiger partial charge in [0.15, 0.2) is 0 Å². The van der Waals surface area contributed by atoms with Crippen LogP contribution >= 0.6 is 0 Å². The van der Waals surface area contributed by atoms with Crippen LogP contribution in [-0.2, 0) is 0 Å². The van der Waals surface area contributed by atoms with Crippen molar-refractivity contribution < 1.29 is 5.11 Å². The second kappa shape index (κ2) is 6.15. The van der Waals surface area contributed by atoms with Crippen molar-refractivity contribution in [3.63, 3.8) is 0 Å². The van der Waals surface area contributed by atoms with Gasteiger partial charge in [-0.05, 0) is 31.0 Å². The van der Waals surface area contributed by atoms with Crippen LogP contribution in [0.25, 0.3) is 0 Å².